The molecule has 3 heteroatoms. The normalized spacial score (nSPS) is 15.1. The predicted octanol–water partition coefficient (Wildman–Crippen LogP) is 4.27. The van der Waals surface area contributed by atoms with E-state index in [0.29, 0.717) is 0 Å². The van der Waals surface area contributed by atoms with Gasteiger partial charge in [-0.2, -0.15) is 0 Å². The van der Waals surface area contributed by atoms with Gasteiger partial charge in [0.15, 0.2) is 0 Å². The average molecular weight is 355 g/mol. The highest BCUT2D eigenvalue weighted by Gasteiger charge is 2.20. The zero-order valence-corrected chi connectivity index (χ0v) is 12.4. The summed E-state index contributed by atoms with van der Waals surface area (Å²) in [5.41, 5.74) is 1.33. The molecule has 1 saturated carbocycles. The summed E-state index contributed by atoms with van der Waals surface area (Å²) in [7, 11) is 0. The summed E-state index contributed by atoms with van der Waals surface area (Å²) in [5.74, 6) is 0. The Bertz CT molecular complexity index is 499. The van der Waals surface area contributed by atoms with E-state index >= 15 is 0 Å². The first-order valence-corrected chi connectivity index (χ1v) is 7.79. The van der Waals surface area contributed by atoms with E-state index in [2.05, 4.69) is 64.3 Å². The summed E-state index contributed by atoms with van der Waals surface area (Å²) in [4.78, 5) is 2.81. The number of hydrogen-bond donors (Lipinski definition) is 1. The lowest BCUT2D eigenvalue weighted by Gasteiger charge is -1.99. The van der Waals surface area contributed by atoms with Crippen molar-refractivity contribution in [3.8, 4) is 10.4 Å². The largest absolute Gasteiger partial charge is 0.309 e. The van der Waals surface area contributed by atoms with Crippen molar-refractivity contribution in [2.75, 3.05) is 0 Å². The molecule has 1 N–H and O–H groups in total. The van der Waals surface area contributed by atoms with Crippen molar-refractivity contribution in [2.45, 2.75) is 25.4 Å². The molecular formula is C14H14INS. The van der Waals surface area contributed by atoms with Crippen molar-refractivity contribution in [2.24, 2.45) is 0 Å². The molecule has 88 valence electrons. The molecule has 2 aromatic rings. The van der Waals surface area contributed by atoms with Gasteiger partial charge in [-0.15, -0.1) is 11.3 Å². The van der Waals surface area contributed by atoms with Gasteiger partial charge in [0.1, 0.15) is 0 Å². The minimum absolute atomic E-state index is 0.791. The molecule has 0 aliphatic heterocycles. The van der Waals surface area contributed by atoms with Crippen LogP contribution in [0.1, 0.15) is 17.7 Å². The van der Waals surface area contributed by atoms with Gasteiger partial charge in [-0.1, -0.05) is 12.1 Å². The van der Waals surface area contributed by atoms with Gasteiger partial charge in [-0.05, 0) is 65.3 Å². The van der Waals surface area contributed by atoms with Crippen LogP contribution in [-0.4, -0.2) is 6.04 Å². The molecule has 1 aliphatic rings. The van der Waals surface area contributed by atoms with E-state index in [0.717, 1.165) is 12.6 Å². The third-order valence-electron chi connectivity index (χ3n) is 2.93. The van der Waals surface area contributed by atoms with Crippen LogP contribution in [0, 0.1) is 3.57 Å². The molecular weight excluding hydrogens is 341 g/mol. The van der Waals surface area contributed by atoms with Crippen LogP contribution in [0.5, 0.6) is 0 Å². The van der Waals surface area contributed by atoms with Gasteiger partial charge >= 0.3 is 0 Å². The van der Waals surface area contributed by atoms with E-state index in [1.165, 1.54) is 31.7 Å². The molecule has 0 unspecified atom stereocenters. The number of halogens is 1. The van der Waals surface area contributed by atoms with Crippen molar-refractivity contribution in [1.29, 1.82) is 0 Å². The molecule has 1 aromatic carbocycles. The van der Waals surface area contributed by atoms with Gasteiger partial charge in [0.2, 0.25) is 0 Å². The maximum Gasteiger partial charge on any atom is 0.0346 e. The highest BCUT2D eigenvalue weighted by molar-refractivity contribution is 14.1. The van der Waals surface area contributed by atoms with Crippen LogP contribution in [0.3, 0.4) is 0 Å². The zero-order valence-electron chi connectivity index (χ0n) is 9.45. The first-order valence-electron chi connectivity index (χ1n) is 5.89. The third kappa shape index (κ3) is 3.09. The fourth-order valence-electron chi connectivity index (χ4n) is 1.77. The number of benzene rings is 1. The summed E-state index contributed by atoms with van der Waals surface area (Å²) in [5, 5.41) is 3.56. The summed E-state index contributed by atoms with van der Waals surface area (Å²) in [6.45, 7) is 1.03. The molecule has 0 amide bonds. The smallest absolute Gasteiger partial charge is 0.0346 e. The van der Waals surface area contributed by atoms with Gasteiger partial charge in [0, 0.05) is 25.9 Å². The average Bonchev–Trinajstić information content (AvgIpc) is 3.06. The quantitative estimate of drug-likeness (QED) is 0.808. The standard InChI is InChI=1S/C14H14INS/c15-11-3-1-10(2-4-11)14-8-7-13(17-14)9-16-12-5-6-12/h1-4,7-8,12,16H,5-6,9H2. The van der Waals surface area contributed by atoms with Gasteiger partial charge in [-0.25, -0.2) is 0 Å². The Kier molecular flexibility index (Phi) is 3.49. The summed E-state index contributed by atoms with van der Waals surface area (Å²) >= 11 is 4.24. The Labute approximate surface area is 119 Å². The van der Waals surface area contributed by atoms with Crippen molar-refractivity contribution >= 4 is 33.9 Å². The molecule has 0 radical (unpaired) electrons. The minimum atomic E-state index is 0.791. The van der Waals surface area contributed by atoms with Crippen molar-refractivity contribution in [1.82, 2.24) is 5.32 Å². The Morgan fingerprint density at radius 1 is 1.12 bits per heavy atom. The van der Waals surface area contributed by atoms with Crippen LogP contribution in [0.15, 0.2) is 36.4 Å². The molecule has 1 aromatic heterocycles. The van der Waals surface area contributed by atoms with Gasteiger partial charge < -0.3 is 5.32 Å². The van der Waals surface area contributed by atoms with E-state index in [1.54, 1.807) is 0 Å². The van der Waals surface area contributed by atoms with Crippen LogP contribution in [-0.2, 0) is 6.54 Å². The Hall–Kier alpha value is -0.390. The fraction of sp³-hybridized carbons (Fsp3) is 0.286. The second-order valence-electron chi connectivity index (χ2n) is 4.43. The van der Waals surface area contributed by atoms with Crippen molar-refractivity contribution < 1.29 is 0 Å². The van der Waals surface area contributed by atoms with Crippen LogP contribution in [0.25, 0.3) is 10.4 Å². The highest BCUT2D eigenvalue weighted by atomic mass is 127. The molecule has 1 aliphatic carbocycles. The Morgan fingerprint density at radius 2 is 1.88 bits per heavy atom. The highest BCUT2D eigenvalue weighted by Crippen LogP contribution is 2.29. The van der Waals surface area contributed by atoms with E-state index < -0.39 is 0 Å². The number of nitrogens with one attached hydrogen (secondary N) is 1. The van der Waals surface area contributed by atoms with Crippen LogP contribution in [0.4, 0.5) is 0 Å². The lowest BCUT2D eigenvalue weighted by atomic mass is 10.2. The number of rotatable bonds is 4. The van der Waals surface area contributed by atoms with E-state index in [1.807, 2.05) is 11.3 Å². The SMILES string of the molecule is Ic1ccc(-c2ccc(CNC3CC3)s2)cc1. The van der Waals surface area contributed by atoms with Crippen LogP contribution >= 0.6 is 33.9 Å². The second-order valence-corrected chi connectivity index (χ2v) is 6.84. The Balaban J connectivity index is 1.72. The lowest BCUT2D eigenvalue weighted by Crippen LogP contribution is -2.14. The summed E-state index contributed by atoms with van der Waals surface area (Å²) < 4.78 is 1.29. The van der Waals surface area contributed by atoms with E-state index in [-0.39, 0.29) is 0 Å². The molecule has 3 rings (SSSR count). The molecule has 1 fully saturated rings. The molecule has 1 heterocycles. The molecule has 0 saturated heterocycles. The maximum atomic E-state index is 3.56. The van der Waals surface area contributed by atoms with Crippen molar-refractivity contribution in [3.05, 3.63) is 44.8 Å². The van der Waals surface area contributed by atoms with Gasteiger partial charge in [-0.3, -0.25) is 0 Å². The third-order valence-corrected chi connectivity index (χ3v) is 4.79. The molecule has 0 atom stereocenters. The summed E-state index contributed by atoms with van der Waals surface area (Å²) in [6.07, 6.45) is 2.71. The van der Waals surface area contributed by atoms with Crippen molar-refractivity contribution in [3.63, 3.8) is 0 Å². The maximum absolute atomic E-state index is 3.56. The molecule has 0 spiro atoms. The first kappa shape index (κ1) is 11.7. The lowest BCUT2D eigenvalue weighted by molar-refractivity contribution is 0.695. The fourth-order valence-corrected chi connectivity index (χ4v) is 3.10. The Morgan fingerprint density at radius 3 is 2.59 bits per heavy atom. The van der Waals surface area contributed by atoms with Gasteiger partial charge in [0.25, 0.3) is 0 Å². The minimum Gasteiger partial charge on any atom is -0.309 e. The van der Waals surface area contributed by atoms with Crippen LogP contribution < -0.4 is 5.32 Å². The number of thiophene rings is 1. The molecule has 1 nitrogen and oxygen atoms in total. The van der Waals surface area contributed by atoms with Crippen LogP contribution in [0.2, 0.25) is 0 Å². The monoisotopic (exact) mass is 355 g/mol. The van der Waals surface area contributed by atoms with E-state index in [4.69, 9.17) is 0 Å². The second kappa shape index (κ2) is 5.08. The van der Waals surface area contributed by atoms with Gasteiger partial charge in [0.05, 0.1) is 0 Å². The molecule has 17 heavy (non-hydrogen) atoms. The van der Waals surface area contributed by atoms with E-state index in [9.17, 15) is 0 Å². The first-order chi connectivity index (χ1) is 8.31. The molecule has 0 bridgehead atoms. The topological polar surface area (TPSA) is 12.0 Å². The predicted molar refractivity (Wildman–Crippen MR) is 82.3 cm³/mol. The summed E-state index contributed by atoms with van der Waals surface area (Å²) in [6, 6.07) is 14.0. The zero-order chi connectivity index (χ0) is 11.7. The number of hydrogen-bond acceptors (Lipinski definition) is 2.